The lowest BCUT2D eigenvalue weighted by Gasteiger charge is -2.00. The Hall–Kier alpha value is -2.26. The molecule has 0 saturated heterocycles. The van der Waals surface area contributed by atoms with Crippen molar-refractivity contribution in [3.05, 3.63) is 38.4 Å². The van der Waals surface area contributed by atoms with Gasteiger partial charge < -0.3 is 0 Å². The van der Waals surface area contributed by atoms with Crippen molar-refractivity contribution in [3.8, 4) is 0 Å². The van der Waals surface area contributed by atoms with Crippen molar-refractivity contribution in [2.24, 2.45) is 0 Å². The zero-order valence-corrected chi connectivity index (χ0v) is 7.11. The highest BCUT2D eigenvalue weighted by atomic mass is 17.2. The van der Waals surface area contributed by atoms with Crippen LogP contribution in [0.15, 0.2) is 18.2 Å². The Morgan fingerprint density at radius 2 is 1.60 bits per heavy atom. The third kappa shape index (κ3) is 2.59. The number of anilines is 1. The van der Waals surface area contributed by atoms with E-state index in [4.69, 9.17) is 5.26 Å². The van der Waals surface area contributed by atoms with Crippen molar-refractivity contribution in [1.82, 2.24) is 0 Å². The summed E-state index contributed by atoms with van der Waals surface area (Å²) in [6.45, 7) is 0. The number of hydrogen-bond acceptors (Lipinski definition) is 7. The van der Waals surface area contributed by atoms with Gasteiger partial charge in [-0.25, -0.2) is 10.7 Å². The van der Waals surface area contributed by atoms with Gasteiger partial charge in [0, 0.05) is 12.1 Å². The molecular formula is C6H5N3O6. The molecule has 0 bridgehead atoms. The molecule has 0 aliphatic heterocycles. The van der Waals surface area contributed by atoms with Crippen LogP contribution in [0.2, 0.25) is 0 Å². The van der Waals surface area contributed by atoms with Crippen LogP contribution in [0.25, 0.3) is 0 Å². The van der Waals surface area contributed by atoms with Crippen LogP contribution in [0, 0.1) is 20.2 Å². The highest BCUT2D eigenvalue weighted by Crippen LogP contribution is 2.25. The minimum Gasteiger partial charge on any atom is -0.258 e. The molecule has 1 aromatic carbocycles. The second kappa shape index (κ2) is 4.30. The number of nitrogens with zero attached hydrogens (tertiary/aromatic N) is 2. The van der Waals surface area contributed by atoms with E-state index in [1.54, 1.807) is 0 Å². The van der Waals surface area contributed by atoms with E-state index in [0.29, 0.717) is 0 Å². The number of benzene rings is 1. The first-order chi connectivity index (χ1) is 7.04. The predicted molar refractivity (Wildman–Crippen MR) is 47.1 cm³/mol. The summed E-state index contributed by atoms with van der Waals surface area (Å²) in [5, 5.41) is 28.8. The van der Waals surface area contributed by atoms with Gasteiger partial charge in [-0.1, -0.05) is 0 Å². The molecule has 0 amide bonds. The summed E-state index contributed by atoms with van der Waals surface area (Å²) in [6, 6.07) is 2.75. The maximum absolute atomic E-state index is 10.4. The smallest absolute Gasteiger partial charge is 0.258 e. The molecule has 0 unspecified atom stereocenters. The molecule has 0 saturated carbocycles. The number of nitrogens with one attached hydrogen (secondary N) is 1. The maximum Gasteiger partial charge on any atom is 0.278 e. The standard InChI is InChI=1S/C6H5N3O6/c10-8(11)5-1-4(7-15-14)2-6(3-5)9(12)13/h1-3,7,14H. The topological polar surface area (TPSA) is 128 Å². The van der Waals surface area contributed by atoms with Crippen LogP contribution >= 0.6 is 0 Å². The number of non-ortho nitro benzene ring substituents is 2. The number of nitro groups is 2. The van der Waals surface area contributed by atoms with E-state index in [0.717, 1.165) is 18.2 Å². The first-order valence-corrected chi connectivity index (χ1v) is 3.55. The Morgan fingerprint density at radius 1 is 1.13 bits per heavy atom. The van der Waals surface area contributed by atoms with Crippen molar-refractivity contribution >= 4 is 17.1 Å². The van der Waals surface area contributed by atoms with Crippen LogP contribution < -0.4 is 5.48 Å². The summed E-state index contributed by atoms with van der Waals surface area (Å²) >= 11 is 0. The molecule has 80 valence electrons. The van der Waals surface area contributed by atoms with Crippen LogP contribution in [0.1, 0.15) is 0 Å². The molecule has 1 rings (SSSR count). The third-order valence-corrected chi connectivity index (χ3v) is 1.49. The van der Waals surface area contributed by atoms with Crippen molar-refractivity contribution < 1.29 is 20.1 Å². The fraction of sp³-hybridized carbons (Fsp3) is 0. The van der Waals surface area contributed by atoms with E-state index in [2.05, 4.69) is 4.99 Å². The van der Waals surface area contributed by atoms with Gasteiger partial charge in [0.1, 0.15) is 0 Å². The molecule has 9 nitrogen and oxygen atoms in total. The van der Waals surface area contributed by atoms with Crippen LogP contribution in [-0.4, -0.2) is 15.1 Å². The van der Waals surface area contributed by atoms with E-state index in [1.165, 1.54) is 0 Å². The van der Waals surface area contributed by atoms with E-state index < -0.39 is 21.2 Å². The highest BCUT2D eigenvalue weighted by Gasteiger charge is 2.16. The molecule has 15 heavy (non-hydrogen) atoms. The van der Waals surface area contributed by atoms with Crippen LogP contribution in [0.4, 0.5) is 17.1 Å². The molecule has 1 aromatic rings. The fourth-order valence-electron chi connectivity index (χ4n) is 0.918. The lowest BCUT2D eigenvalue weighted by Crippen LogP contribution is -1.99. The Labute approximate surface area is 82.1 Å². The molecule has 0 aliphatic carbocycles. The molecule has 2 N–H and O–H groups in total. The van der Waals surface area contributed by atoms with Crippen LogP contribution in [-0.2, 0) is 4.99 Å². The maximum atomic E-state index is 10.4. The Kier molecular flexibility index (Phi) is 3.10. The van der Waals surface area contributed by atoms with E-state index >= 15 is 0 Å². The number of rotatable bonds is 4. The summed E-state index contributed by atoms with van der Waals surface area (Å²) in [6.07, 6.45) is 0. The van der Waals surface area contributed by atoms with Gasteiger partial charge in [0.25, 0.3) is 11.4 Å². The van der Waals surface area contributed by atoms with Crippen molar-refractivity contribution in [2.45, 2.75) is 0 Å². The monoisotopic (exact) mass is 215 g/mol. The fourth-order valence-corrected chi connectivity index (χ4v) is 0.918. The Balaban J connectivity index is 3.19. The van der Waals surface area contributed by atoms with E-state index in [1.807, 2.05) is 5.48 Å². The molecule has 9 heteroatoms. The quantitative estimate of drug-likeness (QED) is 0.440. The normalized spacial score (nSPS) is 9.67. The van der Waals surface area contributed by atoms with Crippen molar-refractivity contribution in [1.29, 1.82) is 0 Å². The largest absolute Gasteiger partial charge is 0.278 e. The second-order valence-electron chi connectivity index (χ2n) is 2.45. The van der Waals surface area contributed by atoms with E-state index in [9.17, 15) is 20.2 Å². The van der Waals surface area contributed by atoms with Gasteiger partial charge in [-0.2, -0.15) is 0 Å². The van der Waals surface area contributed by atoms with E-state index in [-0.39, 0.29) is 5.69 Å². The molecule has 0 spiro atoms. The average Bonchev–Trinajstić information content (AvgIpc) is 2.17. The van der Waals surface area contributed by atoms with Gasteiger partial charge in [-0.05, 0) is 0 Å². The average molecular weight is 215 g/mol. The Bertz CT molecular complexity index is 374. The van der Waals surface area contributed by atoms with Gasteiger partial charge in [0.05, 0.1) is 21.6 Å². The SMILES string of the molecule is O=[N+]([O-])c1cc(NOO)cc([N+](=O)[O-])c1. The van der Waals surface area contributed by atoms with Crippen molar-refractivity contribution in [2.75, 3.05) is 5.48 Å². The molecule has 0 heterocycles. The van der Waals surface area contributed by atoms with Gasteiger partial charge in [-0.15, -0.1) is 4.99 Å². The van der Waals surface area contributed by atoms with Gasteiger partial charge in [0.2, 0.25) is 0 Å². The molecule has 0 atom stereocenters. The van der Waals surface area contributed by atoms with Gasteiger partial charge in [-0.3, -0.25) is 20.2 Å². The van der Waals surface area contributed by atoms with Crippen LogP contribution in [0.5, 0.6) is 0 Å². The minimum atomic E-state index is -0.796. The molecule has 0 radical (unpaired) electrons. The zero-order chi connectivity index (χ0) is 11.4. The summed E-state index contributed by atoms with van der Waals surface area (Å²) in [5.41, 5.74) is 0.781. The Morgan fingerprint density at radius 3 is 1.93 bits per heavy atom. The molecular weight excluding hydrogens is 210 g/mol. The second-order valence-corrected chi connectivity index (χ2v) is 2.45. The molecule has 0 fully saturated rings. The third-order valence-electron chi connectivity index (χ3n) is 1.49. The first-order valence-electron chi connectivity index (χ1n) is 3.55. The summed E-state index contributed by atoms with van der Waals surface area (Å²) in [7, 11) is 0. The van der Waals surface area contributed by atoms with Gasteiger partial charge >= 0.3 is 0 Å². The summed E-state index contributed by atoms with van der Waals surface area (Å²) in [4.78, 5) is 22.7. The highest BCUT2D eigenvalue weighted by molar-refractivity contribution is 5.57. The first kappa shape index (κ1) is 10.8. The summed E-state index contributed by atoms with van der Waals surface area (Å²) < 4.78 is 0. The minimum absolute atomic E-state index is 0.0987. The van der Waals surface area contributed by atoms with Gasteiger partial charge in [0.15, 0.2) is 0 Å². The number of hydrogen-bond donors (Lipinski definition) is 2. The lowest BCUT2D eigenvalue weighted by molar-refractivity contribution is -0.394. The predicted octanol–water partition coefficient (Wildman–Crippen LogP) is 1.32. The lowest BCUT2D eigenvalue weighted by atomic mass is 10.2. The summed E-state index contributed by atoms with van der Waals surface area (Å²) in [5.74, 6) is 0. The molecule has 0 aliphatic rings. The number of nitro benzene ring substituents is 2. The van der Waals surface area contributed by atoms with Crippen molar-refractivity contribution in [3.63, 3.8) is 0 Å². The zero-order valence-electron chi connectivity index (χ0n) is 7.11. The molecule has 0 aromatic heterocycles. The van der Waals surface area contributed by atoms with Crippen LogP contribution in [0.3, 0.4) is 0 Å².